The second-order valence-electron chi connectivity index (χ2n) is 11.9. The summed E-state index contributed by atoms with van der Waals surface area (Å²) in [7, 11) is -15.2. The molecule has 0 radical (unpaired) electrons. The van der Waals surface area contributed by atoms with E-state index in [0.29, 0.717) is 11.4 Å². The van der Waals surface area contributed by atoms with Gasteiger partial charge in [-0.1, -0.05) is 12.1 Å². The molecule has 6 aromatic carbocycles. The molecule has 0 spiro atoms. The van der Waals surface area contributed by atoms with Crippen LogP contribution in [0.1, 0.15) is 6.92 Å². The molecule has 0 atom stereocenters. The first kappa shape index (κ1) is 74.8. The Balaban J connectivity index is -0.00000214. The zero-order valence-corrected chi connectivity index (χ0v) is 58.2. The van der Waals surface area contributed by atoms with E-state index in [0.717, 1.165) is 30.3 Å². The van der Waals surface area contributed by atoms with Crippen molar-refractivity contribution in [3.63, 3.8) is 0 Å². The minimum absolute atomic E-state index is 0. The summed E-state index contributed by atoms with van der Waals surface area (Å²) in [4.78, 5) is 8.97. The first-order valence-corrected chi connectivity index (χ1v) is 20.0. The molecule has 6 rings (SSSR count). The van der Waals surface area contributed by atoms with Gasteiger partial charge < -0.3 is 35.5 Å². The normalized spacial score (nSPS) is 11.0. The molecule has 66 heavy (non-hydrogen) atoms. The number of fused-ring (bicyclic) bond motifs is 2. The van der Waals surface area contributed by atoms with Crippen LogP contribution in [-0.2, 0) is 35.1 Å². The van der Waals surface area contributed by atoms with Gasteiger partial charge in [0.25, 0.3) is 0 Å². The Kier molecular flexibility index (Phi) is 36.1. The second kappa shape index (κ2) is 31.9. The third kappa shape index (κ3) is 19.5. The van der Waals surface area contributed by atoms with Crippen molar-refractivity contribution in [1.29, 1.82) is 0 Å². The topological polar surface area (TPSA) is 347 Å². The van der Waals surface area contributed by atoms with E-state index in [9.17, 15) is 48.8 Å². The SMILES string of the molecule is CC(=O)Nc1ccc(N=Nc2ccc(N=Nc3c(S(=O)(=O)[O-])cc4ccc(N=Nc5cc(S(=O)(=O)[O-])c(N)cc5N)cc4c3O)c3ccc(S(=O)(=O)[O-])cc23)cc1.[Na+].[Na+].[Na+].[Na+].[Na+].[Na+].[Na+].[Na+].[Na+]. The number of carbonyl (C=O) groups excluding carboxylic acids is 1. The molecule has 32 heteroatoms. The molecule has 0 heterocycles. The summed E-state index contributed by atoms with van der Waals surface area (Å²) >= 11 is 0. The van der Waals surface area contributed by atoms with Crippen molar-refractivity contribution in [2.24, 2.45) is 30.7 Å². The number of carbonyl (C=O) groups is 1. The van der Waals surface area contributed by atoms with E-state index in [-0.39, 0.29) is 322 Å². The van der Waals surface area contributed by atoms with E-state index in [2.05, 4.69) is 36.0 Å². The minimum atomic E-state index is -5.30. The van der Waals surface area contributed by atoms with Gasteiger partial charge in [0.15, 0.2) is 5.75 Å². The molecule has 292 valence electrons. The monoisotopic (exact) mass is 1040 g/mol. The Labute approximate surface area is 578 Å². The van der Waals surface area contributed by atoms with E-state index in [4.69, 9.17) is 11.5 Å². The number of amides is 1. The molecule has 0 saturated carbocycles. The average Bonchev–Trinajstić information content (AvgIpc) is 3.12. The minimum Gasteiger partial charge on any atom is -0.744 e. The maximum atomic E-state index is 12.4. The molecule has 6 aromatic rings. The van der Waals surface area contributed by atoms with Gasteiger partial charge in [0, 0.05) is 28.8 Å². The smallest absolute Gasteiger partial charge is 0.744 e. The Morgan fingerprint density at radius 1 is 0.515 bits per heavy atom. The summed E-state index contributed by atoms with van der Waals surface area (Å²) < 4.78 is 108. The molecule has 20 nitrogen and oxygen atoms in total. The number of nitrogen functional groups attached to an aromatic ring is 2. The Bertz CT molecular complexity index is 3120. The van der Waals surface area contributed by atoms with Crippen LogP contribution in [0.25, 0.3) is 21.5 Å². The van der Waals surface area contributed by atoms with E-state index < -0.39 is 62.2 Å². The number of hydrogen-bond acceptors (Lipinski definition) is 19. The molecule has 0 aromatic heterocycles. The number of azo groups is 3. The summed E-state index contributed by atoms with van der Waals surface area (Å²) in [5.41, 5.74) is 10.8. The van der Waals surface area contributed by atoms with Crippen LogP contribution in [-0.4, -0.2) is 49.9 Å². The van der Waals surface area contributed by atoms with Crippen molar-refractivity contribution in [3.8, 4) is 5.75 Å². The van der Waals surface area contributed by atoms with Gasteiger partial charge in [0.05, 0.1) is 48.8 Å². The van der Waals surface area contributed by atoms with Crippen molar-refractivity contribution in [1.82, 2.24) is 0 Å². The van der Waals surface area contributed by atoms with Crippen LogP contribution >= 0.6 is 0 Å². The maximum Gasteiger partial charge on any atom is 1.00 e. The van der Waals surface area contributed by atoms with Crippen LogP contribution < -0.4 is 283 Å². The number of anilines is 3. The van der Waals surface area contributed by atoms with Gasteiger partial charge in [-0.05, 0) is 84.2 Å². The molecular weight excluding hydrogens is 1010 g/mol. The average molecular weight is 1040 g/mol. The number of phenolic OH excluding ortho intramolecular Hbond substituents is 1. The molecule has 0 aliphatic heterocycles. The number of phenols is 1. The number of rotatable bonds is 10. The molecule has 0 fully saturated rings. The van der Waals surface area contributed by atoms with Crippen molar-refractivity contribution < 1.29 is 315 Å². The zero-order valence-electron chi connectivity index (χ0n) is 37.8. The fourth-order valence-electron chi connectivity index (χ4n) is 5.35. The standard InChI is InChI=1S/C34H27N9O11S3.9Na/c1-17(44)37-19-4-6-20(7-5-19)38-40-29-11-10-28(23-9-8-22(14-25(23)29)55(46,47)48)41-43-33-32(57(52,53)54)12-18-2-3-21(13-24(18)34(33)45)39-42-30-16-31(56(49,50)51)27(36)15-26(30)35;;;;;;;;;/h2-16,45H,35-36H2,1H3,(H,37,44)(H,46,47,48)(H,49,50,51)(H,52,53,54);;;;;;;;;/q;9*+1/p-3. The van der Waals surface area contributed by atoms with Gasteiger partial charge >= 0.3 is 266 Å². The van der Waals surface area contributed by atoms with Gasteiger partial charge in [-0.3, -0.25) is 4.79 Å². The molecule has 0 aliphatic rings. The number of benzene rings is 6. The number of nitrogens with zero attached hydrogens (tertiary/aromatic N) is 6. The predicted octanol–water partition coefficient (Wildman–Crippen LogP) is -20.2. The first-order valence-electron chi connectivity index (χ1n) is 15.7. The molecule has 0 bridgehead atoms. The maximum absolute atomic E-state index is 12.4. The predicted molar refractivity (Wildman–Crippen MR) is 202 cm³/mol. The Morgan fingerprint density at radius 3 is 1.58 bits per heavy atom. The van der Waals surface area contributed by atoms with E-state index in [1.807, 2.05) is 0 Å². The van der Waals surface area contributed by atoms with Gasteiger partial charge in [-0.25, -0.2) is 25.3 Å². The summed E-state index contributed by atoms with van der Waals surface area (Å²) in [5, 5.41) is 38.2. The quantitative estimate of drug-likeness (QED) is 0.0429. The van der Waals surface area contributed by atoms with Crippen molar-refractivity contribution in [3.05, 3.63) is 91.0 Å². The van der Waals surface area contributed by atoms with Gasteiger partial charge in [-0.2, -0.15) is 10.2 Å². The van der Waals surface area contributed by atoms with Crippen LogP contribution in [0.2, 0.25) is 0 Å². The van der Waals surface area contributed by atoms with Crippen LogP contribution in [0.15, 0.2) is 136 Å². The molecule has 0 aliphatic carbocycles. The summed E-state index contributed by atoms with van der Waals surface area (Å²) in [5.74, 6) is -1.11. The van der Waals surface area contributed by atoms with Crippen LogP contribution in [0, 0.1) is 0 Å². The van der Waals surface area contributed by atoms with Crippen LogP contribution in [0.5, 0.6) is 5.75 Å². The molecule has 6 N–H and O–H groups in total. The zero-order chi connectivity index (χ0) is 41.4. The van der Waals surface area contributed by atoms with E-state index in [1.54, 1.807) is 24.3 Å². The van der Waals surface area contributed by atoms with E-state index >= 15 is 0 Å². The van der Waals surface area contributed by atoms with Gasteiger partial charge in [0.2, 0.25) is 5.91 Å². The summed E-state index contributed by atoms with van der Waals surface area (Å²) in [6.45, 7) is 1.34. The number of nitrogens with one attached hydrogen (secondary N) is 1. The van der Waals surface area contributed by atoms with Crippen molar-refractivity contribution in [2.45, 2.75) is 21.6 Å². The van der Waals surface area contributed by atoms with Gasteiger partial charge in [0.1, 0.15) is 41.7 Å². The fourth-order valence-corrected chi connectivity index (χ4v) is 7.10. The summed E-state index contributed by atoms with van der Waals surface area (Å²) in [6.07, 6.45) is 0. The largest absolute Gasteiger partial charge is 1.00 e. The Morgan fingerprint density at radius 2 is 1.03 bits per heavy atom. The van der Waals surface area contributed by atoms with Crippen molar-refractivity contribution in [2.75, 3.05) is 16.8 Å². The molecule has 1 amide bonds. The number of hydrogen-bond donors (Lipinski definition) is 4. The van der Waals surface area contributed by atoms with E-state index in [1.165, 1.54) is 43.3 Å². The molecule has 0 saturated heterocycles. The third-order valence-electron chi connectivity index (χ3n) is 7.96. The third-order valence-corrected chi connectivity index (χ3v) is 10.5. The first-order chi connectivity index (χ1) is 26.7. The molecular formula is C34H24N9Na9O11S3+6. The van der Waals surface area contributed by atoms with Crippen LogP contribution in [0.4, 0.5) is 51.2 Å². The van der Waals surface area contributed by atoms with Crippen LogP contribution in [0.3, 0.4) is 0 Å². The number of nitrogens with two attached hydrogens (primary N) is 2. The number of aromatic hydroxyl groups is 1. The van der Waals surface area contributed by atoms with Gasteiger partial charge in [-0.15, -0.1) is 20.5 Å². The molecule has 0 unspecified atom stereocenters. The Hall–Kier alpha value is 2.24. The van der Waals surface area contributed by atoms with Crippen molar-refractivity contribution >= 4 is 109 Å². The second-order valence-corrected chi connectivity index (χ2v) is 16.0. The summed E-state index contributed by atoms with van der Waals surface area (Å²) in [6, 6.07) is 18.8. The fraction of sp³-hybridized carbons (Fsp3) is 0.0294.